The summed E-state index contributed by atoms with van der Waals surface area (Å²) >= 11 is 0. The third-order valence-corrected chi connectivity index (χ3v) is 19.1. The van der Waals surface area contributed by atoms with Crippen LogP contribution in [-0.4, -0.2) is 43.6 Å². The van der Waals surface area contributed by atoms with E-state index in [4.69, 9.17) is 29.9 Å². The monoisotopic (exact) mass is 1260 g/mol. The van der Waals surface area contributed by atoms with Crippen LogP contribution in [0.4, 0.5) is 0 Å². The molecule has 19 aromatic rings. The van der Waals surface area contributed by atoms with Crippen molar-refractivity contribution in [2.45, 2.75) is 0 Å². The van der Waals surface area contributed by atoms with E-state index in [-0.39, 0.29) is 0 Å². The average molecular weight is 1260 g/mol. The second-order valence-corrected chi connectivity index (χ2v) is 25.1. The van der Waals surface area contributed by atoms with Crippen molar-refractivity contribution in [3.05, 3.63) is 346 Å². The molecule has 0 aliphatic heterocycles. The molecule has 0 N–H and O–H groups in total. The summed E-state index contributed by atoms with van der Waals surface area (Å²) in [6.07, 6.45) is 0. The van der Waals surface area contributed by atoms with Gasteiger partial charge in [-0.05, 0) is 130 Å². The number of fused-ring (bicyclic) bond motifs is 9. The molecular formula is C90H57N9. The van der Waals surface area contributed by atoms with Crippen LogP contribution in [0, 0.1) is 0 Å². The summed E-state index contributed by atoms with van der Waals surface area (Å²) in [5.41, 5.74) is 21.8. The normalized spacial score (nSPS) is 11.6. The predicted molar refractivity (Wildman–Crippen MR) is 405 cm³/mol. The van der Waals surface area contributed by atoms with Crippen LogP contribution in [0.25, 0.3) is 184 Å². The van der Waals surface area contributed by atoms with E-state index < -0.39 is 0 Å². The lowest BCUT2D eigenvalue weighted by molar-refractivity contribution is 1.07. The predicted octanol–water partition coefficient (Wildman–Crippen LogP) is 22.4. The van der Waals surface area contributed by atoms with Gasteiger partial charge >= 0.3 is 0 Å². The fraction of sp³-hybridized carbons (Fsp3) is 0. The summed E-state index contributed by atoms with van der Waals surface area (Å²) in [7, 11) is 0. The highest BCUT2D eigenvalue weighted by atomic mass is 15.1. The van der Waals surface area contributed by atoms with E-state index in [1.165, 1.54) is 38.1 Å². The third kappa shape index (κ3) is 10.1. The molecule has 0 aliphatic rings. The van der Waals surface area contributed by atoms with Crippen molar-refractivity contribution >= 4 is 65.4 Å². The SMILES string of the molecule is c1ccc(-c2nc(-c3cccc(-c4cccc(-n5c6ccccc6c6ccccc65)c4)c3)nc(-c3cccc(-c4ccc5c(c4)c4ccc(-c6ccc7c(c6)c6ccccc6n7-c6ccccc6)cc4n5-c4cccc(-c5nc(-c6ccccc6)nc(-c6ccccc6)n5)c4)c3)n2)cc1. The molecule has 0 bridgehead atoms. The quantitative estimate of drug-likeness (QED) is 0.121. The van der Waals surface area contributed by atoms with Crippen LogP contribution in [-0.2, 0) is 0 Å². The van der Waals surface area contributed by atoms with E-state index in [0.29, 0.717) is 34.9 Å². The third-order valence-electron chi connectivity index (χ3n) is 19.1. The zero-order chi connectivity index (χ0) is 65.3. The number of hydrogen-bond donors (Lipinski definition) is 0. The Balaban J connectivity index is 0.734. The first kappa shape index (κ1) is 57.0. The minimum absolute atomic E-state index is 0.581. The maximum atomic E-state index is 5.33. The van der Waals surface area contributed by atoms with Gasteiger partial charge in [-0.3, -0.25) is 0 Å². The van der Waals surface area contributed by atoms with Crippen molar-refractivity contribution in [1.82, 2.24) is 43.6 Å². The van der Waals surface area contributed by atoms with E-state index >= 15 is 0 Å². The van der Waals surface area contributed by atoms with Crippen molar-refractivity contribution < 1.29 is 0 Å². The molecule has 0 unspecified atom stereocenters. The van der Waals surface area contributed by atoms with Gasteiger partial charge in [0.2, 0.25) is 0 Å². The summed E-state index contributed by atoms with van der Waals surface area (Å²) in [6.45, 7) is 0. The molecule has 0 saturated heterocycles. The molecule has 0 aliphatic carbocycles. The highest BCUT2D eigenvalue weighted by molar-refractivity contribution is 6.14. The van der Waals surface area contributed by atoms with Crippen LogP contribution >= 0.6 is 0 Å². The lowest BCUT2D eigenvalue weighted by Gasteiger charge is -2.13. The molecule has 99 heavy (non-hydrogen) atoms. The molecule has 0 atom stereocenters. The summed E-state index contributed by atoms with van der Waals surface area (Å²) in [6, 6.07) is 122. The zero-order valence-electron chi connectivity index (χ0n) is 53.4. The molecule has 462 valence electrons. The van der Waals surface area contributed by atoms with Gasteiger partial charge in [-0.2, -0.15) is 0 Å². The minimum atomic E-state index is 0.581. The first-order valence-corrected chi connectivity index (χ1v) is 33.3. The first-order chi connectivity index (χ1) is 49.0. The molecule has 5 heterocycles. The highest BCUT2D eigenvalue weighted by Gasteiger charge is 2.22. The Bertz CT molecular complexity index is 6240. The summed E-state index contributed by atoms with van der Waals surface area (Å²) < 4.78 is 7.12. The Morgan fingerprint density at radius 3 is 0.859 bits per heavy atom. The van der Waals surface area contributed by atoms with Crippen LogP contribution in [0.2, 0.25) is 0 Å². The van der Waals surface area contributed by atoms with Gasteiger partial charge in [0.05, 0.1) is 33.1 Å². The number of hydrogen-bond acceptors (Lipinski definition) is 6. The average Bonchev–Trinajstić information content (AvgIpc) is 1.60. The lowest BCUT2D eigenvalue weighted by atomic mass is 9.99. The first-order valence-electron chi connectivity index (χ1n) is 33.3. The summed E-state index contributed by atoms with van der Waals surface area (Å²) in [5, 5.41) is 7.09. The fourth-order valence-electron chi connectivity index (χ4n) is 14.4. The standard InChI is InChI=1S/C90H57N9/c1-5-23-58(24-6-1)85-91-86(59-25-7-2-8-26-59)95-90(94-85)69-34-22-38-72(54-69)99-83-50-46-64(55-78(83)76-48-45-66(57-84(76)99)65-47-49-82-77(56-65)75-41-15-18-44-81(75)97(82)70-35-11-4-12-36-70)62-30-20-33-68(52-62)89-93-87(60-27-9-3-10-28-60)92-88(96-89)67-32-19-29-61(51-67)63-31-21-37-71(53-63)98-79-42-16-13-39-73(79)74-40-14-17-43-80(74)98/h1-57H. The molecule has 0 radical (unpaired) electrons. The van der Waals surface area contributed by atoms with Gasteiger partial charge in [-0.15, -0.1) is 0 Å². The van der Waals surface area contributed by atoms with Crippen LogP contribution in [0.5, 0.6) is 0 Å². The summed E-state index contributed by atoms with van der Waals surface area (Å²) in [4.78, 5) is 31.2. The molecule has 0 fully saturated rings. The Kier molecular flexibility index (Phi) is 13.7. The minimum Gasteiger partial charge on any atom is -0.309 e. The molecule has 0 spiro atoms. The van der Waals surface area contributed by atoms with Crippen LogP contribution < -0.4 is 0 Å². The molecular weight excluding hydrogens is 1210 g/mol. The maximum Gasteiger partial charge on any atom is 0.164 e. The molecule has 14 aromatic carbocycles. The summed E-state index contributed by atoms with van der Waals surface area (Å²) in [5.74, 6) is 3.57. The van der Waals surface area contributed by atoms with Crippen LogP contribution in [0.15, 0.2) is 346 Å². The van der Waals surface area contributed by atoms with E-state index in [0.717, 1.165) is 111 Å². The number of rotatable bonds is 12. The van der Waals surface area contributed by atoms with Gasteiger partial charge in [-0.25, -0.2) is 29.9 Å². The van der Waals surface area contributed by atoms with Gasteiger partial charge in [0.1, 0.15) is 0 Å². The zero-order valence-corrected chi connectivity index (χ0v) is 53.4. The van der Waals surface area contributed by atoms with Crippen molar-refractivity contribution in [1.29, 1.82) is 0 Å². The second kappa shape index (κ2) is 23.8. The Morgan fingerprint density at radius 2 is 0.404 bits per heavy atom. The topological polar surface area (TPSA) is 92.1 Å². The molecule has 9 heteroatoms. The molecule has 0 saturated carbocycles. The number of aromatic nitrogens is 9. The van der Waals surface area contributed by atoms with Crippen LogP contribution in [0.1, 0.15) is 0 Å². The van der Waals surface area contributed by atoms with E-state index in [1.54, 1.807) is 0 Å². The molecule has 0 amide bonds. The van der Waals surface area contributed by atoms with E-state index in [1.807, 2.05) is 78.9 Å². The fourth-order valence-corrected chi connectivity index (χ4v) is 14.4. The van der Waals surface area contributed by atoms with Gasteiger partial charge in [0.15, 0.2) is 34.9 Å². The number of nitrogens with zero attached hydrogens (tertiary/aromatic N) is 9. The van der Waals surface area contributed by atoms with Crippen LogP contribution in [0.3, 0.4) is 0 Å². The largest absolute Gasteiger partial charge is 0.309 e. The van der Waals surface area contributed by atoms with Gasteiger partial charge in [0.25, 0.3) is 0 Å². The number of para-hydroxylation sites is 4. The van der Waals surface area contributed by atoms with E-state index in [9.17, 15) is 0 Å². The van der Waals surface area contributed by atoms with Crippen molar-refractivity contribution in [2.24, 2.45) is 0 Å². The molecule has 5 aromatic heterocycles. The Labute approximate surface area is 570 Å². The van der Waals surface area contributed by atoms with Gasteiger partial charge in [-0.1, -0.05) is 249 Å². The second-order valence-electron chi connectivity index (χ2n) is 25.1. The van der Waals surface area contributed by atoms with Crippen molar-refractivity contribution in [2.75, 3.05) is 0 Å². The highest BCUT2D eigenvalue weighted by Crippen LogP contribution is 2.42. The van der Waals surface area contributed by atoms with Gasteiger partial charge < -0.3 is 13.7 Å². The molecule has 9 nitrogen and oxygen atoms in total. The Morgan fingerprint density at radius 1 is 0.141 bits per heavy atom. The lowest BCUT2D eigenvalue weighted by Crippen LogP contribution is -2.01. The van der Waals surface area contributed by atoms with E-state index in [2.05, 4.69) is 281 Å². The maximum absolute atomic E-state index is 5.33. The van der Waals surface area contributed by atoms with Crippen molar-refractivity contribution in [3.63, 3.8) is 0 Å². The smallest absolute Gasteiger partial charge is 0.164 e. The van der Waals surface area contributed by atoms with Gasteiger partial charge in [0, 0.05) is 82.8 Å². The Hall–Kier alpha value is -13.5. The van der Waals surface area contributed by atoms with Crippen molar-refractivity contribution in [3.8, 4) is 119 Å². The number of benzene rings is 14. The molecule has 19 rings (SSSR count).